The molecule has 154 valence electrons. The Labute approximate surface area is 168 Å². The van der Waals surface area contributed by atoms with Crippen LogP contribution in [0.25, 0.3) is 0 Å². The van der Waals surface area contributed by atoms with E-state index in [0.717, 1.165) is 23.7 Å². The van der Waals surface area contributed by atoms with Crippen LogP contribution in [0, 0.1) is 5.92 Å². The first-order valence-electron chi connectivity index (χ1n) is 9.88. The molecule has 2 aromatic heterocycles. The van der Waals surface area contributed by atoms with Crippen LogP contribution in [0.15, 0.2) is 21.8 Å². The van der Waals surface area contributed by atoms with Crippen molar-refractivity contribution in [3.05, 3.63) is 24.1 Å². The second-order valence-electron chi connectivity index (χ2n) is 7.28. The molecular weight excluding hydrogens is 380 g/mol. The van der Waals surface area contributed by atoms with Crippen LogP contribution in [0.5, 0.6) is 0 Å². The first kappa shape index (κ1) is 20.8. The third-order valence-corrected chi connectivity index (χ3v) is 5.92. The van der Waals surface area contributed by atoms with E-state index in [4.69, 9.17) is 9.73 Å². The van der Waals surface area contributed by atoms with Crippen molar-refractivity contribution < 1.29 is 14.5 Å². The molecule has 0 aliphatic heterocycles. The number of hydrogen-bond acceptors (Lipinski definition) is 8. The van der Waals surface area contributed by atoms with Gasteiger partial charge in [0.15, 0.2) is 5.82 Å². The number of aromatic nitrogens is 4. The Kier molecular flexibility index (Phi) is 8.31. The van der Waals surface area contributed by atoms with Crippen molar-refractivity contribution in [1.82, 2.24) is 30.5 Å². The normalized spacial score (nSPS) is 16.2. The van der Waals surface area contributed by atoms with Crippen LogP contribution in [0.4, 0.5) is 0 Å². The van der Waals surface area contributed by atoms with E-state index >= 15 is 0 Å². The summed E-state index contributed by atoms with van der Waals surface area (Å²) in [5.41, 5.74) is 1.71. The Morgan fingerprint density at radius 3 is 3.00 bits per heavy atom. The molecule has 1 fully saturated rings. The van der Waals surface area contributed by atoms with Crippen LogP contribution in [0.1, 0.15) is 75.4 Å². The minimum atomic E-state index is -0.434. The van der Waals surface area contributed by atoms with Gasteiger partial charge in [-0.15, -0.1) is 0 Å². The van der Waals surface area contributed by atoms with E-state index in [1.165, 1.54) is 50.5 Å². The van der Waals surface area contributed by atoms with Gasteiger partial charge in [0.2, 0.25) is 11.8 Å². The van der Waals surface area contributed by atoms with Gasteiger partial charge in [0.1, 0.15) is 0 Å². The van der Waals surface area contributed by atoms with Gasteiger partial charge in [0, 0.05) is 18.5 Å². The SMILES string of the molecule is O=C(CC(CCCC1CCCCC1)c1nc(CNSc2cn[nH]c2)no1)NO. The molecule has 1 unspecified atom stereocenters. The largest absolute Gasteiger partial charge is 0.339 e. The molecule has 28 heavy (non-hydrogen) atoms. The van der Waals surface area contributed by atoms with Crippen LogP contribution in [0.2, 0.25) is 0 Å². The molecule has 0 saturated heterocycles. The summed E-state index contributed by atoms with van der Waals surface area (Å²) in [6.45, 7) is 0.431. The van der Waals surface area contributed by atoms with Gasteiger partial charge in [-0.3, -0.25) is 19.8 Å². The second-order valence-corrected chi connectivity index (χ2v) is 8.24. The molecule has 3 rings (SSSR count). The van der Waals surface area contributed by atoms with E-state index < -0.39 is 5.91 Å². The van der Waals surface area contributed by atoms with Gasteiger partial charge in [-0.1, -0.05) is 50.1 Å². The highest BCUT2D eigenvalue weighted by Gasteiger charge is 2.23. The number of nitrogens with zero attached hydrogens (tertiary/aromatic N) is 3. The fraction of sp³-hybridized carbons (Fsp3) is 0.667. The fourth-order valence-corrected chi connectivity index (χ4v) is 4.28. The third-order valence-electron chi connectivity index (χ3n) is 5.17. The summed E-state index contributed by atoms with van der Waals surface area (Å²) in [4.78, 5) is 17.1. The number of rotatable bonds is 11. The highest BCUT2D eigenvalue weighted by atomic mass is 32.2. The van der Waals surface area contributed by atoms with Gasteiger partial charge in [-0.2, -0.15) is 10.1 Å². The molecule has 1 aliphatic rings. The number of carbonyl (C=O) groups excluding carboxylic acids is 1. The number of aromatic amines is 1. The van der Waals surface area contributed by atoms with Crippen LogP contribution >= 0.6 is 11.9 Å². The average molecular weight is 409 g/mol. The predicted molar refractivity (Wildman–Crippen MR) is 103 cm³/mol. The molecule has 4 N–H and O–H groups in total. The molecule has 1 atom stereocenters. The molecule has 9 nitrogen and oxygen atoms in total. The molecule has 0 aromatic carbocycles. The summed E-state index contributed by atoms with van der Waals surface area (Å²) in [5, 5.41) is 19.5. The molecule has 1 saturated carbocycles. The number of nitrogens with one attached hydrogen (secondary N) is 3. The standard InChI is InChI=1S/C18H28N6O3S/c25-17(23-26)9-14(8-4-7-13-5-2-1-3-6-13)18-22-16(24-27-18)12-21-28-15-10-19-20-11-15/h10-11,13-14,21,26H,1-9,12H2,(H,19,20)(H,23,25). The van der Waals surface area contributed by atoms with E-state index in [9.17, 15) is 4.79 Å². The second kappa shape index (κ2) is 11.2. The number of H-pyrrole nitrogens is 1. The average Bonchev–Trinajstić information content (AvgIpc) is 3.40. The molecule has 1 amide bonds. The monoisotopic (exact) mass is 408 g/mol. The van der Waals surface area contributed by atoms with Crippen molar-refractivity contribution in [1.29, 1.82) is 0 Å². The molecule has 0 spiro atoms. The predicted octanol–water partition coefficient (Wildman–Crippen LogP) is 3.32. The number of carbonyl (C=O) groups is 1. The Bertz CT molecular complexity index is 702. The Morgan fingerprint density at radius 2 is 2.25 bits per heavy atom. The Morgan fingerprint density at radius 1 is 1.39 bits per heavy atom. The zero-order valence-electron chi connectivity index (χ0n) is 15.9. The van der Waals surface area contributed by atoms with Gasteiger partial charge in [-0.25, -0.2) is 5.48 Å². The quantitative estimate of drug-likeness (QED) is 0.253. The maximum atomic E-state index is 11.7. The Hall–Kier alpha value is -1.91. The number of amides is 1. The van der Waals surface area contributed by atoms with E-state index in [2.05, 4.69) is 25.1 Å². The van der Waals surface area contributed by atoms with Gasteiger partial charge in [-0.05, 0) is 24.3 Å². The molecule has 0 radical (unpaired) electrons. The fourth-order valence-electron chi connectivity index (χ4n) is 3.69. The first-order chi connectivity index (χ1) is 13.7. The lowest BCUT2D eigenvalue weighted by Crippen LogP contribution is -2.21. The van der Waals surface area contributed by atoms with Crippen molar-refractivity contribution in [2.45, 2.75) is 75.1 Å². The van der Waals surface area contributed by atoms with Gasteiger partial charge in [0.25, 0.3) is 0 Å². The maximum Gasteiger partial charge on any atom is 0.244 e. The van der Waals surface area contributed by atoms with E-state index in [1.807, 2.05) is 0 Å². The summed E-state index contributed by atoms with van der Waals surface area (Å²) < 4.78 is 8.56. The van der Waals surface area contributed by atoms with Gasteiger partial charge in [0.05, 0.1) is 17.6 Å². The lowest BCUT2D eigenvalue weighted by atomic mass is 9.84. The minimum absolute atomic E-state index is 0.139. The minimum Gasteiger partial charge on any atom is -0.339 e. The van der Waals surface area contributed by atoms with Crippen molar-refractivity contribution in [3.8, 4) is 0 Å². The van der Waals surface area contributed by atoms with Crippen LogP contribution in [-0.2, 0) is 11.3 Å². The zero-order valence-corrected chi connectivity index (χ0v) is 16.7. The molecule has 0 bridgehead atoms. The molecule has 10 heteroatoms. The van der Waals surface area contributed by atoms with Gasteiger partial charge < -0.3 is 4.52 Å². The summed E-state index contributed by atoms with van der Waals surface area (Å²) in [5.74, 6) is 1.17. The topological polar surface area (TPSA) is 129 Å². The first-order valence-corrected chi connectivity index (χ1v) is 10.7. The van der Waals surface area contributed by atoms with E-state index in [-0.39, 0.29) is 12.3 Å². The lowest BCUT2D eigenvalue weighted by molar-refractivity contribution is -0.129. The van der Waals surface area contributed by atoms with Crippen LogP contribution in [0.3, 0.4) is 0 Å². The Balaban J connectivity index is 1.50. The van der Waals surface area contributed by atoms with Crippen molar-refractivity contribution in [2.75, 3.05) is 0 Å². The van der Waals surface area contributed by atoms with Crippen molar-refractivity contribution in [2.24, 2.45) is 5.92 Å². The summed E-state index contributed by atoms with van der Waals surface area (Å²) >= 11 is 1.42. The summed E-state index contributed by atoms with van der Waals surface area (Å²) in [6.07, 6.45) is 13.3. The van der Waals surface area contributed by atoms with Crippen molar-refractivity contribution in [3.63, 3.8) is 0 Å². The summed E-state index contributed by atoms with van der Waals surface area (Å²) in [6, 6.07) is 0. The third kappa shape index (κ3) is 6.61. The molecule has 2 heterocycles. The van der Waals surface area contributed by atoms with E-state index in [1.54, 1.807) is 17.9 Å². The summed E-state index contributed by atoms with van der Waals surface area (Å²) in [7, 11) is 0. The highest BCUT2D eigenvalue weighted by Crippen LogP contribution is 2.31. The molecule has 2 aromatic rings. The highest BCUT2D eigenvalue weighted by molar-refractivity contribution is 7.97. The zero-order chi connectivity index (χ0) is 19.6. The van der Waals surface area contributed by atoms with E-state index in [0.29, 0.717) is 18.3 Å². The molecule has 1 aliphatic carbocycles. The number of hydroxylamine groups is 1. The smallest absolute Gasteiger partial charge is 0.244 e. The lowest BCUT2D eigenvalue weighted by Gasteiger charge is -2.22. The molecular formula is C18H28N6O3S. The number of hydrogen-bond donors (Lipinski definition) is 4. The van der Waals surface area contributed by atoms with Gasteiger partial charge >= 0.3 is 0 Å². The maximum absolute atomic E-state index is 11.7. The van der Waals surface area contributed by atoms with Crippen molar-refractivity contribution >= 4 is 17.9 Å². The van der Waals surface area contributed by atoms with Crippen LogP contribution in [-0.4, -0.2) is 31.5 Å². The van der Waals surface area contributed by atoms with Crippen LogP contribution < -0.4 is 10.2 Å².